The van der Waals surface area contributed by atoms with Crippen LogP contribution in [-0.4, -0.2) is 25.5 Å². The first kappa shape index (κ1) is 18.5. The number of nitrogens with zero attached hydrogens (tertiary/aromatic N) is 4. The van der Waals surface area contributed by atoms with Crippen molar-refractivity contribution in [1.29, 1.82) is 0 Å². The van der Waals surface area contributed by atoms with E-state index in [1.165, 1.54) is 5.56 Å². The summed E-state index contributed by atoms with van der Waals surface area (Å²) in [4.78, 5) is 12.5. The van der Waals surface area contributed by atoms with Crippen LogP contribution in [0.4, 0.5) is 5.82 Å². The number of anilines is 1. The molecule has 1 amide bonds. The lowest BCUT2D eigenvalue weighted by Crippen LogP contribution is -2.25. The fourth-order valence-corrected chi connectivity index (χ4v) is 3.93. The number of hydrogen-bond acceptors (Lipinski definition) is 3. The van der Waals surface area contributed by atoms with E-state index in [9.17, 15) is 4.79 Å². The van der Waals surface area contributed by atoms with Gasteiger partial charge >= 0.3 is 0 Å². The van der Waals surface area contributed by atoms with Crippen LogP contribution in [0.1, 0.15) is 55.0 Å². The van der Waals surface area contributed by atoms with Crippen LogP contribution in [-0.2, 0) is 17.9 Å². The largest absolute Gasteiger partial charge is 0.311 e. The van der Waals surface area contributed by atoms with E-state index in [0.717, 1.165) is 42.1 Å². The lowest BCUT2D eigenvalue weighted by molar-refractivity contribution is -0.116. The summed E-state index contributed by atoms with van der Waals surface area (Å²) in [6, 6.07) is 10.4. The van der Waals surface area contributed by atoms with Crippen LogP contribution in [0.25, 0.3) is 0 Å². The van der Waals surface area contributed by atoms with Crippen molar-refractivity contribution in [3.8, 4) is 0 Å². The minimum atomic E-state index is 0.0362. The third-order valence-corrected chi connectivity index (χ3v) is 5.34. The molecule has 1 atom stereocenters. The topological polar surface area (TPSA) is 64.7 Å². The van der Waals surface area contributed by atoms with Gasteiger partial charge in [-0.25, -0.2) is 4.68 Å². The van der Waals surface area contributed by atoms with Gasteiger partial charge in [0.15, 0.2) is 0 Å². The summed E-state index contributed by atoms with van der Waals surface area (Å²) in [5, 5.41) is 12.1. The lowest BCUT2D eigenvalue weighted by atomic mass is 9.85. The maximum atomic E-state index is 12.5. The number of fused-ring (bicyclic) bond motifs is 1. The van der Waals surface area contributed by atoms with Gasteiger partial charge in [-0.2, -0.15) is 10.2 Å². The standard InChI is InChI=1S/C22H27N5O/c1-15(2)8-11-27-22-21(16(3)25-27)19(13-20(28)24-22)18-7-4-6-17(12-18)14-26-10-5-9-23-26/h4-7,9-10,12,15,19H,8,11,13-14H2,1-3H3,(H,24,28). The van der Waals surface area contributed by atoms with Crippen molar-refractivity contribution in [2.24, 2.45) is 5.92 Å². The first-order valence-corrected chi connectivity index (χ1v) is 9.94. The zero-order valence-corrected chi connectivity index (χ0v) is 16.7. The molecule has 0 aliphatic carbocycles. The highest BCUT2D eigenvalue weighted by molar-refractivity contribution is 5.94. The van der Waals surface area contributed by atoms with Crippen molar-refractivity contribution in [1.82, 2.24) is 19.6 Å². The SMILES string of the molecule is Cc1nn(CCC(C)C)c2c1C(c1cccc(Cn3cccn3)c1)CC(=O)N2. The molecule has 3 aromatic rings. The van der Waals surface area contributed by atoms with Gasteiger partial charge in [-0.15, -0.1) is 0 Å². The summed E-state index contributed by atoms with van der Waals surface area (Å²) in [7, 11) is 0. The van der Waals surface area contributed by atoms with Gasteiger partial charge in [0.05, 0.1) is 12.2 Å². The van der Waals surface area contributed by atoms with Gasteiger partial charge in [0.25, 0.3) is 0 Å². The Labute approximate surface area is 165 Å². The fourth-order valence-electron chi connectivity index (χ4n) is 3.93. The van der Waals surface area contributed by atoms with E-state index in [1.807, 2.05) is 28.6 Å². The minimum absolute atomic E-state index is 0.0362. The van der Waals surface area contributed by atoms with Gasteiger partial charge in [-0.3, -0.25) is 9.48 Å². The molecule has 0 bridgehead atoms. The lowest BCUT2D eigenvalue weighted by Gasteiger charge is -2.25. The van der Waals surface area contributed by atoms with Crippen LogP contribution in [0.2, 0.25) is 0 Å². The quantitative estimate of drug-likeness (QED) is 0.707. The fraction of sp³-hybridized carbons (Fsp3) is 0.409. The molecule has 1 aliphatic heterocycles. The number of benzene rings is 1. The molecule has 1 aliphatic rings. The Morgan fingerprint density at radius 3 is 2.89 bits per heavy atom. The Kier molecular flexibility index (Phi) is 5.03. The highest BCUT2D eigenvalue weighted by Gasteiger charge is 2.32. The zero-order valence-electron chi connectivity index (χ0n) is 16.7. The van der Waals surface area contributed by atoms with Crippen molar-refractivity contribution >= 4 is 11.7 Å². The van der Waals surface area contributed by atoms with Gasteiger partial charge in [0, 0.05) is 36.8 Å². The second-order valence-electron chi connectivity index (χ2n) is 8.01. The highest BCUT2D eigenvalue weighted by atomic mass is 16.1. The van der Waals surface area contributed by atoms with Crippen molar-refractivity contribution in [2.75, 3.05) is 5.32 Å². The van der Waals surface area contributed by atoms with Crippen LogP contribution in [0.15, 0.2) is 42.7 Å². The molecular formula is C22H27N5O. The predicted octanol–water partition coefficient (Wildman–Crippen LogP) is 3.96. The Balaban J connectivity index is 1.67. The van der Waals surface area contributed by atoms with Gasteiger partial charge in [0.2, 0.25) is 5.91 Å². The molecule has 0 radical (unpaired) electrons. The van der Waals surface area contributed by atoms with E-state index in [-0.39, 0.29) is 11.8 Å². The Hall–Kier alpha value is -2.89. The van der Waals surface area contributed by atoms with Crippen molar-refractivity contribution < 1.29 is 4.79 Å². The molecule has 28 heavy (non-hydrogen) atoms. The summed E-state index contributed by atoms with van der Waals surface area (Å²) in [6.45, 7) is 7.99. The predicted molar refractivity (Wildman–Crippen MR) is 109 cm³/mol. The average Bonchev–Trinajstić information content (AvgIpc) is 3.27. The number of rotatable bonds is 6. The van der Waals surface area contributed by atoms with Crippen LogP contribution < -0.4 is 5.32 Å². The number of hydrogen-bond donors (Lipinski definition) is 1. The Morgan fingerprint density at radius 1 is 1.29 bits per heavy atom. The number of carbonyl (C=O) groups excluding carboxylic acids is 1. The van der Waals surface area contributed by atoms with E-state index in [0.29, 0.717) is 12.3 Å². The molecule has 0 saturated heterocycles. The maximum absolute atomic E-state index is 12.5. The molecule has 0 fully saturated rings. The van der Waals surface area contributed by atoms with Gasteiger partial charge in [-0.05, 0) is 36.5 Å². The van der Waals surface area contributed by atoms with E-state index in [1.54, 1.807) is 6.20 Å². The molecule has 6 heteroatoms. The van der Waals surface area contributed by atoms with Crippen LogP contribution in [0, 0.1) is 12.8 Å². The molecule has 0 spiro atoms. The average molecular weight is 377 g/mol. The summed E-state index contributed by atoms with van der Waals surface area (Å²) in [5.74, 6) is 1.56. The Bertz CT molecular complexity index is 971. The molecule has 1 aromatic carbocycles. The van der Waals surface area contributed by atoms with E-state index in [2.05, 4.69) is 48.5 Å². The van der Waals surface area contributed by atoms with Crippen molar-refractivity contribution in [2.45, 2.75) is 52.6 Å². The third-order valence-electron chi connectivity index (χ3n) is 5.34. The monoisotopic (exact) mass is 377 g/mol. The molecule has 0 saturated carbocycles. The second-order valence-corrected chi connectivity index (χ2v) is 8.01. The van der Waals surface area contributed by atoms with E-state index < -0.39 is 0 Å². The maximum Gasteiger partial charge on any atom is 0.226 e. The van der Waals surface area contributed by atoms with Crippen LogP contribution >= 0.6 is 0 Å². The first-order chi connectivity index (χ1) is 13.5. The van der Waals surface area contributed by atoms with Crippen LogP contribution in [0.3, 0.4) is 0 Å². The number of amides is 1. The summed E-state index contributed by atoms with van der Waals surface area (Å²) >= 11 is 0. The number of nitrogens with one attached hydrogen (secondary N) is 1. The minimum Gasteiger partial charge on any atom is -0.311 e. The third kappa shape index (κ3) is 3.72. The van der Waals surface area contributed by atoms with Crippen molar-refractivity contribution in [3.63, 3.8) is 0 Å². The smallest absolute Gasteiger partial charge is 0.226 e. The van der Waals surface area contributed by atoms with E-state index in [4.69, 9.17) is 5.10 Å². The molecular weight excluding hydrogens is 350 g/mol. The zero-order chi connectivity index (χ0) is 19.7. The normalized spacial score (nSPS) is 16.3. The van der Waals surface area contributed by atoms with E-state index >= 15 is 0 Å². The molecule has 1 N–H and O–H groups in total. The Morgan fingerprint density at radius 2 is 2.14 bits per heavy atom. The summed E-state index contributed by atoms with van der Waals surface area (Å²) in [5.41, 5.74) is 4.49. The van der Waals surface area contributed by atoms with Gasteiger partial charge in [0.1, 0.15) is 5.82 Å². The number of carbonyl (C=O) groups is 1. The second kappa shape index (κ2) is 7.62. The molecule has 1 unspecified atom stereocenters. The van der Waals surface area contributed by atoms with Gasteiger partial charge < -0.3 is 5.32 Å². The molecule has 2 aromatic heterocycles. The summed E-state index contributed by atoms with van der Waals surface area (Å²) in [6.07, 6.45) is 5.24. The van der Waals surface area contributed by atoms with Crippen LogP contribution in [0.5, 0.6) is 0 Å². The summed E-state index contributed by atoms with van der Waals surface area (Å²) < 4.78 is 3.88. The number of aromatic nitrogens is 4. The van der Waals surface area contributed by atoms with Crippen molar-refractivity contribution in [3.05, 3.63) is 65.1 Å². The number of aryl methyl sites for hydroxylation is 2. The molecule has 4 rings (SSSR count). The molecule has 3 heterocycles. The molecule has 6 nitrogen and oxygen atoms in total. The first-order valence-electron chi connectivity index (χ1n) is 9.94. The highest BCUT2D eigenvalue weighted by Crippen LogP contribution is 2.39. The molecule has 146 valence electrons. The van der Waals surface area contributed by atoms with Gasteiger partial charge in [-0.1, -0.05) is 38.1 Å².